The van der Waals surface area contributed by atoms with Crippen LogP contribution in [0.2, 0.25) is 0 Å². The van der Waals surface area contributed by atoms with Gasteiger partial charge in [0.2, 0.25) is 0 Å². The Morgan fingerprint density at radius 2 is 2.10 bits per heavy atom. The molecule has 118 valence electrons. The first kappa shape index (κ1) is 14.2. The maximum atomic E-state index is 12.3. The molecule has 4 aliphatic rings. The van der Waals surface area contributed by atoms with E-state index < -0.39 is 0 Å². The number of rotatable bonds is 3. The van der Waals surface area contributed by atoms with E-state index >= 15 is 0 Å². The molecule has 21 heavy (non-hydrogen) atoms. The van der Waals surface area contributed by atoms with Crippen LogP contribution in [0.3, 0.4) is 0 Å². The van der Waals surface area contributed by atoms with Gasteiger partial charge in [0.25, 0.3) is 0 Å². The Kier molecular flexibility index (Phi) is 3.82. The zero-order valence-electron chi connectivity index (χ0n) is 12.6. The molecule has 0 unspecified atom stereocenters. The first-order valence-electron chi connectivity index (χ1n) is 8.57. The molecule has 0 aromatic carbocycles. The SMILES string of the molecule is O=C(NC[C@@H]1CCCS1)N[C@@H]1[C@@H]2CCO[C@@H]2C12CCCC2. The van der Waals surface area contributed by atoms with Crippen molar-refractivity contribution in [2.75, 3.05) is 18.9 Å². The van der Waals surface area contributed by atoms with E-state index in [-0.39, 0.29) is 11.4 Å². The summed E-state index contributed by atoms with van der Waals surface area (Å²) >= 11 is 1.99. The molecule has 4 atom stereocenters. The van der Waals surface area contributed by atoms with Crippen LogP contribution in [0.25, 0.3) is 0 Å². The number of fused-ring (bicyclic) bond motifs is 2. The van der Waals surface area contributed by atoms with Gasteiger partial charge in [-0.05, 0) is 37.9 Å². The van der Waals surface area contributed by atoms with Gasteiger partial charge in [-0.15, -0.1) is 0 Å². The minimum absolute atomic E-state index is 0.0455. The van der Waals surface area contributed by atoms with Crippen molar-refractivity contribution in [3.63, 3.8) is 0 Å². The van der Waals surface area contributed by atoms with E-state index in [1.54, 1.807) is 0 Å². The first-order chi connectivity index (χ1) is 10.3. The Bertz CT molecular complexity index is 405. The van der Waals surface area contributed by atoms with E-state index in [9.17, 15) is 4.79 Å². The number of hydrogen-bond donors (Lipinski definition) is 2. The van der Waals surface area contributed by atoms with Crippen LogP contribution >= 0.6 is 11.8 Å². The van der Waals surface area contributed by atoms with Crippen molar-refractivity contribution in [2.24, 2.45) is 11.3 Å². The first-order valence-corrected chi connectivity index (χ1v) is 9.62. The molecule has 0 aromatic heterocycles. The van der Waals surface area contributed by atoms with Crippen molar-refractivity contribution in [1.82, 2.24) is 10.6 Å². The van der Waals surface area contributed by atoms with Crippen molar-refractivity contribution in [3.05, 3.63) is 0 Å². The van der Waals surface area contributed by atoms with Gasteiger partial charge in [-0.25, -0.2) is 4.79 Å². The number of hydrogen-bond acceptors (Lipinski definition) is 3. The summed E-state index contributed by atoms with van der Waals surface area (Å²) in [6.07, 6.45) is 9.15. The number of ether oxygens (including phenoxy) is 1. The van der Waals surface area contributed by atoms with Gasteiger partial charge in [0.1, 0.15) is 0 Å². The zero-order valence-corrected chi connectivity index (χ0v) is 13.4. The van der Waals surface area contributed by atoms with Crippen LogP contribution in [-0.2, 0) is 4.74 Å². The van der Waals surface area contributed by atoms with Gasteiger partial charge in [-0.1, -0.05) is 12.8 Å². The lowest BCUT2D eigenvalue weighted by Crippen LogP contribution is -2.69. The molecule has 0 aromatic rings. The van der Waals surface area contributed by atoms with E-state index in [1.807, 2.05) is 11.8 Å². The highest BCUT2D eigenvalue weighted by Crippen LogP contribution is 2.60. The molecule has 4 nitrogen and oxygen atoms in total. The average molecular weight is 310 g/mol. The van der Waals surface area contributed by atoms with Crippen LogP contribution in [0.4, 0.5) is 4.79 Å². The lowest BCUT2D eigenvalue weighted by molar-refractivity contribution is -0.126. The van der Waals surface area contributed by atoms with E-state index in [1.165, 1.54) is 44.3 Å². The highest BCUT2D eigenvalue weighted by Gasteiger charge is 2.65. The van der Waals surface area contributed by atoms with Crippen molar-refractivity contribution in [3.8, 4) is 0 Å². The van der Waals surface area contributed by atoms with Crippen molar-refractivity contribution in [2.45, 2.75) is 62.3 Å². The fraction of sp³-hybridized carbons (Fsp3) is 0.938. The number of carbonyl (C=O) groups is 1. The molecule has 4 fully saturated rings. The van der Waals surface area contributed by atoms with Gasteiger partial charge in [0.15, 0.2) is 0 Å². The number of urea groups is 1. The summed E-state index contributed by atoms with van der Waals surface area (Å²) in [6, 6.07) is 0.396. The van der Waals surface area contributed by atoms with Crippen molar-refractivity contribution >= 4 is 17.8 Å². The van der Waals surface area contributed by atoms with E-state index in [0.717, 1.165) is 19.6 Å². The monoisotopic (exact) mass is 310 g/mol. The van der Waals surface area contributed by atoms with E-state index in [2.05, 4.69) is 10.6 Å². The molecule has 2 aliphatic carbocycles. The van der Waals surface area contributed by atoms with Crippen LogP contribution in [0, 0.1) is 11.3 Å². The molecule has 4 rings (SSSR count). The Morgan fingerprint density at radius 3 is 2.86 bits per heavy atom. The van der Waals surface area contributed by atoms with Gasteiger partial charge in [-0.3, -0.25) is 0 Å². The fourth-order valence-corrected chi connectivity index (χ4v) is 6.31. The molecule has 5 heteroatoms. The van der Waals surface area contributed by atoms with Gasteiger partial charge >= 0.3 is 6.03 Å². The second-order valence-corrected chi connectivity index (χ2v) is 8.56. The summed E-state index contributed by atoms with van der Waals surface area (Å²) in [5.74, 6) is 1.82. The van der Waals surface area contributed by atoms with Gasteiger partial charge in [0, 0.05) is 35.8 Å². The van der Waals surface area contributed by atoms with Crippen LogP contribution < -0.4 is 10.6 Å². The number of nitrogens with one attached hydrogen (secondary N) is 2. The molecule has 0 bridgehead atoms. The maximum absolute atomic E-state index is 12.3. The molecule has 1 spiro atoms. The summed E-state index contributed by atoms with van der Waals surface area (Å²) < 4.78 is 5.97. The summed E-state index contributed by atoms with van der Waals surface area (Å²) in [4.78, 5) is 12.3. The molecule has 2 N–H and O–H groups in total. The molecule has 2 saturated carbocycles. The molecule has 2 heterocycles. The Labute approximate surface area is 131 Å². The van der Waals surface area contributed by atoms with E-state index in [4.69, 9.17) is 4.74 Å². The number of thioether (sulfide) groups is 1. The second-order valence-electron chi connectivity index (χ2n) is 7.15. The molecular weight excluding hydrogens is 284 g/mol. The van der Waals surface area contributed by atoms with Gasteiger partial charge < -0.3 is 15.4 Å². The summed E-state index contributed by atoms with van der Waals surface area (Å²) in [6.45, 7) is 1.70. The largest absolute Gasteiger partial charge is 0.377 e. The summed E-state index contributed by atoms with van der Waals surface area (Å²) in [7, 11) is 0. The predicted molar refractivity (Wildman–Crippen MR) is 84.6 cm³/mol. The fourth-order valence-electron chi connectivity index (χ4n) is 5.11. The zero-order chi connectivity index (χ0) is 14.3. The molecule has 2 saturated heterocycles. The van der Waals surface area contributed by atoms with Crippen LogP contribution in [-0.4, -0.2) is 42.3 Å². The smallest absolute Gasteiger partial charge is 0.315 e. The van der Waals surface area contributed by atoms with Gasteiger partial charge in [-0.2, -0.15) is 11.8 Å². The lowest BCUT2D eigenvalue weighted by Gasteiger charge is -2.56. The second kappa shape index (κ2) is 5.65. The highest BCUT2D eigenvalue weighted by molar-refractivity contribution is 8.00. The Balaban J connectivity index is 1.33. The summed E-state index contributed by atoms with van der Waals surface area (Å²) in [5.41, 5.74) is 0.264. The summed E-state index contributed by atoms with van der Waals surface area (Å²) in [5, 5.41) is 7.03. The number of carbonyl (C=O) groups excluding carboxylic acids is 1. The molecule has 0 radical (unpaired) electrons. The van der Waals surface area contributed by atoms with Crippen LogP contribution in [0.5, 0.6) is 0 Å². The molecule has 2 amide bonds. The van der Waals surface area contributed by atoms with Gasteiger partial charge in [0.05, 0.1) is 6.10 Å². The van der Waals surface area contributed by atoms with Crippen molar-refractivity contribution in [1.29, 1.82) is 0 Å². The Morgan fingerprint density at radius 1 is 1.24 bits per heavy atom. The van der Waals surface area contributed by atoms with Crippen LogP contribution in [0.1, 0.15) is 44.9 Å². The number of amides is 2. The molecular formula is C16H26N2O2S. The standard InChI is InChI=1S/C16H26N2O2S/c19-15(17-10-11-4-3-9-21-11)18-13-12-5-8-20-14(12)16(13)6-1-2-7-16/h11-14H,1-10H2,(H2,17,18,19)/t11-,12-,13+,14-/m0/s1. The molecule has 2 aliphatic heterocycles. The highest BCUT2D eigenvalue weighted by atomic mass is 32.2. The normalized spacial score (nSPS) is 40.0. The topological polar surface area (TPSA) is 50.4 Å². The lowest BCUT2D eigenvalue weighted by atomic mass is 9.54. The van der Waals surface area contributed by atoms with Crippen LogP contribution in [0.15, 0.2) is 0 Å². The van der Waals surface area contributed by atoms with E-state index in [0.29, 0.717) is 23.3 Å². The third-order valence-corrected chi connectivity index (χ3v) is 7.49. The minimum Gasteiger partial charge on any atom is -0.377 e. The Hall–Kier alpha value is -0.420. The third kappa shape index (κ3) is 2.37. The average Bonchev–Trinajstić information content (AvgIpc) is 3.22. The predicted octanol–water partition coefficient (Wildman–Crippen LogP) is 2.53. The quantitative estimate of drug-likeness (QED) is 0.842. The minimum atomic E-state index is 0.0455. The third-order valence-electron chi connectivity index (χ3n) is 6.09. The van der Waals surface area contributed by atoms with Crippen molar-refractivity contribution < 1.29 is 9.53 Å². The maximum Gasteiger partial charge on any atom is 0.315 e.